The number of aromatic nitrogens is 1. The number of rotatable bonds is 6. The Morgan fingerprint density at radius 2 is 1.36 bits per heavy atom. The van der Waals surface area contributed by atoms with E-state index in [9.17, 15) is 4.79 Å². The Bertz CT molecular complexity index is 1430. The lowest BCUT2D eigenvalue weighted by molar-refractivity contribution is -0.134. The largest absolute Gasteiger partial charge is 0.466 e. The predicted molar refractivity (Wildman–Crippen MR) is 146 cm³/mol. The molecule has 0 fully saturated rings. The van der Waals surface area contributed by atoms with Crippen molar-refractivity contribution in [3.63, 3.8) is 0 Å². The molecule has 4 nitrogen and oxygen atoms in total. The van der Waals surface area contributed by atoms with E-state index in [1.165, 1.54) is 13.2 Å². The quantitative estimate of drug-likeness (QED) is 0.184. The first-order valence-electron chi connectivity index (χ1n) is 11.3. The zero-order valence-electron chi connectivity index (χ0n) is 19.2. The number of benzene rings is 4. The molecule has 0 aliphatic carbocycles. The monoisotopic (exact) mass is 473 g/mol. The van der Waals surface area contributed by atoms with Gasteiger partial charge in [0.1, 0.15) is 5.69 Å². The summed E-state index contributed by atoms with van der Waals surface area (Å²) in [5.41, 5.74) is 6.53. The SMILES string of the molecule is C.COC(=O)/C=C\c1cccc(-c2ccccc2-c2nc(-c3ccccc3)c(-c3ccccc3)o2)c1. The highest BCUT2D eigenvalue weighted by atomic mass is 16.5. The van der Waals surface area contributed by atoms with Crippen LogP contribution in [0.15, 0.2) is 120 Å². The summed E-state index contributed by atoms with van der Waals surface area (Å²) < 4.78 is 11.1. The molecule has 5 aromatic rings. The van der Waals surface area contributed by atoms with Crippen LogP contribution < -0.4 is 0 Å². The van der Waals surface area contributed by atoms with Crippen molar-refractivity contribution >= 4 is 12.0 Å². The van der Waals surface area contributed by atoms with Crippen LogP contribution >= 0.6 is 0 Å². The molecule has 0 saturated heterocycles. The molecule has 4 heteroatoms. The third-order valence-corrected chi connectivity index (χ3v) is 5.68. The number of esters is 1. The highest BCUT2D eigenvalue weighted by Crippen LogP contribution is 2.39. The molecule has 0 aliphatic heterocycles. The fraction of sp³-hybridized carbons (Fsp3) is 0.0625. The Morgan fingerprint density at radius 3 is 2.06 bits per heavy atom. The van der Waals surface area contributed by atoms with Crippen LogP contribution in [0.4, 0.5) is 0 Å². The summed E-state index contributed by atoms with van der Waals surface area (Å²) in [6.45, 7) is 0. The maximum atomic E-state index is 11.5. The van der Waals surface area contributed by atoms with E-state index in [1.807, 2.05) is 109 Å². The van der Waals surface area contributed by atoms with Crippen LogP contribution in [-0.4, -0.2) is 18.1 Å². The van der Waals surface area contributed by atoms with Gasteiger partial charge in [-0.3, -0.25) is 0 Å². The number of ether oxygens (including phenoxy) is 1. The molecule has 0 atom stereocenters. The van der Waals surface area contributed by atoms with E-state index in [0.29, 0.717) is 5.89 Å². The molecule has 0 bridgehead atoms. The number of hydrogen-bond acceptors (Lipinski definition) is 4. The molecular weight excluding hydrogens is 446 g/mol. The minimum absolute atomic E-state index is 0. The topological polar surface area (TPSA) is 52.3 Å². The lowest BCUT2D eigenvalue weighted by atomic mass is 9.98. The predicted octanol–water partition coefficient (Wildman–Crippen LogP) is 8.16. The number of nitrogens with zero attached hydrogens (tertiary/aromatic N) is 1. The first-order valence-corrected chi connectivity index (χ1v) is 11.3. The molecule has 0 spiro atoms. The van der Waals surface area contributed by atoms with Gasteiger partial charge in [-0.15, -0.1) is 0 Å². The van der Waals surface area contributed by atoms with Crippen molar-refractivity contribution < 1.29 is 13.9 Å². The van der Waals surface area contributed by atoms with Gasteiger partial charge in [0.2, 0.25) is 5.89 Å². The summed E-state index contributed by atoms with van der Waals surface area (Å²) in [6, 6.07) is 36.1. The van der Waals surface area contributed by atoms with Gasteiger partial charge in [-0.25, -0.2) is 9.78 Å². The summed E-state index contributed by atoms with van der Waals surface area (Å²) in [7, 11) is 1.36. The third kappa shape index (κ3) is 5.18. The summed E-state index contributed by atoms with van der Waals surface area (Å²) in [5, 5.41) is 0. The van der Waals surface area contributed by atoms with Crippen molar-refractivity contribution in [1.82, 2.24) is 4.98 Å². The van der Waals surface area contributed by atoms with Gasteiger partial charge in [0.25, 0.3) is 0 Å². The van der Waals surface area contributed by atoms with E-state index in [-0.39, 0.29) is 7.43 Å². The van der Waals surface area contributed by atoms with E-state index >= 15 is 0 Å². The average Bonchev–Trinajstić information content (AvgIpc) is 3.38. The van der Waals surface area contributed by atoms with Gasteiger partial charge < -0.3 is 9.15 Å². The number of oxazole rings is 1. The van der Waals surface area contributed by atoms with E-state index in [4.69, 9.17) is 14.1 Å². The molecule has 0 N–H and O–H groups in total. The average molecular weight is 474 g/mol. The van der Waals surface area contributed by atoms with Gasteiger partial charge in [0.15, 0.2) is 5.76 Å². The summed E-state index contributed by atoms with van der Waals surface area (Å²) in [4.78, 5) is 16.5. The van der Waals surface area contributed by atoms with Gasteiger partial charge in [0.05, 0.1) is 7.11 Å². The van der Waals surface area contributed by atoms with Crippen LogP contribution in [0.2, 0.25) is 0 Å². The molecule has 0 saturated carbocycles. The summed E-state index contributed by atoms with van der Waals surface area (Å²) >= 11 is 0. The van der Waals surface area contributed by atoms with Crippen molar-refractivity contribution in [3.05, 3.63) is 121 Å². The van der Waals surface area contributed by atoms with Crippen molar-refractivity contribution in [3.8, 4) is 45.2 Å². The van der Waals surface area contributed by atoms with Gasteiger partial charge in [0, 0.05) is 22.8 Å². The van der Waals surface area contributed by atoms with Gasteiger partial charge in [-0.2, -0.15) is 0 Å². The Morgan fingerprint density at radius 1 is 0.750 bits per heavy atom. The summed E-state index contributed by atoms with van der Waals surface area (Å²) in [5.74, 6) is 0.891. The Hall–Kier alpha value is -4.70. The zero-order chi connectivity index (χ0) is 24.0. The van der Waals surface area contributed by atoms with Crippen molar-refractivity contribution in [2.45, 2.75) is 7.43 Å². The van der Waals surface area contributed by atoms with Crippen LogP contribution in [0.25, 0.3) is 51.2 Å². The van der Waals surface area contributed by atoms with Crippen LogP contribution in [0.1, 0.15) is 13.0 Å². The lowest BCUT2D eigenvalue weighted by Crippen LogP contribution is -1.93. The highest BCUT2D eigenvalue weighted by Gasteiger charge is 2.20. The van der Waals surface area contributed by atoms with E-state index in [0.717, 1.165) is 44.8 Å². The van der Waals surface area contributed by atoms with Crippen molar-refractivity contribution in [1.29, 1.82) is 0 Å². The molecule has 36 heavy (non-hydrogen) atoms. The molecule has 1 heterocycles. The molecule has 1 aromatic heterocycles. The fourth-order valence-electron chi connectivity index (χ4n) is 3.98. The Balaban J connectivity index is 0.00000304. The molecule has 0 amide bonds. The summed E-state index contributed by atoms with van der Waals surface area (Å²) in [6.07, 6.45) is 3.15. The number of carbonyl (C=O) groups excluding carboxylic acids is 1. The number of methoxy groups -OCH3 is 1. The third-order valence-electron chi connectivity index (χ3n) is 5.68. The molecule has 0 radical (unpaired) electrons. The molecule has 4 aromatic carbocycles. The maximum Gasteiger partial charge on any atom is 0.330 e. The molecule has 0 unspecified atom stereocenters. The second-order valence-corrected chi connectivity index (χ2v) is 7.96. The Labute approximate surface area is 211 Å². The smallest absolute Gasteiger partial charge is 0.330 e. The molecular formula is C32H27NO3. The standard InChI is InChI=1S/C31H23NO3.CH4/c1-34-28(33)20-19-22-11-10-16-25(21-22)26-17-8-9-18-27(26)31-32-29(23-12-4-2-5-13-23)30(35-31)24-14-6-3-7-15-24;/h2-21H,1H3;1H4/b20-19-;. The molecule has 178 valence electrons. The highest BCUT2D eigenvalue weighted by molar-refractivity contribution is 5.88. The first-order chi connectivity index (χ1) is 17.2. The van der Waals surface area contributed by atoms with E-state index in [1.54, 1.807) is 6.08 Å². The van der Waals surface area contributed by atoms with Crippen LogP contribution in [0.3, 0.4) is 0 Å². The Kier molecular flexibility index (Phi) is 7.57. The van der Waals surface area contributed by atoms with Gasteiger partial charge in [-0.1, -0.05) is 104 Å². The van der Waals surface area contributed by atoms with Crippen molar-refractivity contribution in [2.75, 3.05) is 7.11 Å². The maximum absolute atomic E-state index is 11.5. The second-order valence-electron chi connectivity index (χ2n) is 7.96. The number of carbonyl (C=O) groups is 1. The van der Waals surface area contributed by atoms with Gasteiger partial charge in [-0.05, 0) is 34.9 Å². The molecule has 5 rings (SSSR count). The van der Waals surface area contributed by atoms with E-state index < -0.39 is 5.97 Å². The molecule has 0 aliphatic rings. The van der Waals surface area contributed by atoms with Crippen LogP contribution in [0, 0.1) is 0 Å². The normalized spacial score (nSPS) is 10.7. The van der Waals surface area contributed by atoms with Gasteiger partial charge >= 0.3 is 5.97 Å². The zero-order valence-corrected chi connectivity index (χ0v) is 19.2. The second kappa shape index (κ2) is 11.2. The lowest BCUT2D eigenvalue weighted by Gasteiger charge is -2.08. The fourth-order valence-corrected chi connectivity index (χ4v) is 3.98. The minimum Gasteiger partial charge on any atom is -0.466 e. The van der Waals surface area contributed by atoms with E-state index in [2.05, 4.69) is 0 Å². The van der Waals surface area contributed by atoms with Crippen molar-refractivity contribution in [2.24, 2.45) is 0 Å². The minimum atomic E-state index is -0.391. The van der Waals surface area contributed by atoms with Crippen LogP contribution in [-0.2, 0) is 9.53 Å². The van der Waals surface area contributed by atoms with Crippen LogP contribution in [0.5, 0.6) is 0 Å². The first kappa shape index (κ1) is 24.4. The number of hydrogen-bond donors (Lipinski definition) is 0.